The summed E-state index contributed by atoms with van der Waals surface area (Å²) < 4.78 is 0.803. The molecule has 0 unspecified atom stereocenters. The van der Waals surface area contributed by atoms with Crippen LogP contribution in [0, 0.1) is 0 Å². The van der Waals surface area contributed by atoms with E-state index in [0.717, 1.165) is 20.7 Å². The smallest absolute Gasteiger partial charge is 0.335 e. The fourth-order valence-electron chi connectivity index (χ4n) is 1.64. The van der Waals surface area contributed by atoms with Crippen LogP contribution in [0.4, 0.5) is 0 Å². The van der Waals surface area contributed by atoms with Gasteiger partial charge in [0.05, 0.1) is 5.56 Å². The highest BCUT2D eigenvalue weighted by Crippen LogP contribution is 2.34. The molecule has 0 aromatic heterocycles. The SMILES string of the molecule is CCc1ccc(Sc2ccc(C(=O)O)cc2Br)cc1. The lowest BCUT2D eigenvalue weighted by Gasteiger charge is -2.06. The first-order chi connectivity index (χ1) is 9.10. The van der Waals surface area contributed by atoms with Crippen LogP contribution in [0.15, 0.2) is 56.7 Å². The van der Waals surface area contributed by atoms with Crippen molar-refractivity contribution in [1.29, 1.82) is 0 Å². The molecule has 2 aromatic rings. The van der Waals surface area contributed by atoms with Crippen LogP contribution in [0.5, 0.6) is 0 Å². The third kappa shape index (κ3) is 3.61. The molecule has 2 aromatic carbocycles. The Morgan fingerprint density at radius 1 is 1.21 bits per heavy atom. The van der Waals surface area contributed by atoms with Gasteiger partial charge >= 0.3 is 5.97 Å². The van der Waals surface area contributed by atoms with Gasteiger partial charge < -0.3 is 5.11 Å². The highest BCUT2D eigenvalue weighted by molar-refractivity contribution is 9.10. The zero-order valence-electron chi connectivity index (χ0n) is 10.4. The zero-order valence-corrected chi connectivity index (χ0v) is 12.8. The van der Waals surface area contributed by atoms with Gasteiger partial charge in [-0.05, 0) is 58.2 Å². The second kappa shape index (κ2) is 6.26. The molecule has 0 aliphatic heterocycles. The van der Waals surface area contributed by atoms with Crippen molar-refractivity contribution >= 4 is 33.7 Å². The lowest BCUT2D eigenvalue weighted by Crippen LogP contribution is -1.95. The first-order valence-corrected chi connectivity index (χ1v) is 7.50. The van der Waals surface area contributed by atoms with E-state index in [0.29, 0.717) is 0 Å². The van der Waals surface area contributed by atoms with Gasteiger partial charge in [-0.1, -0.05) is 30.8 Å². The molecule has 0 saturated heterocycles. The van der Waals surface area contributed by atoms with E-state index in [4.69, 9.17) is 5.11 Å². The molecule has 4 heteroatoms. The Hall–Kier alpha value is -1.26. The van der Waals surface area contributed by atoms with Crippen LogP contribution in [-0.4, -0.2) is 11.1 Å². The number of rotatable bonds is 4. The van der Waals surface area contributed by atoms with Gasteiger partial charge in [-0.3, -0.25) is 0 Å². The van der Waals surface area contributed by atoms with E-state index in [9.17, 15) is 4.79 Å². The Labute approximate surface area is 125 Å². The van der Waals surface area contributed by atoms with Gasteiger partial charge in [0.2, 0.25) is 0 Å². The predicted molar refractivity (Wildman–Crippen MR) is 81.0 cm³/mol. The van der Waals surface area contributed by atoms with Gasteiger partial charge in [-0.25, -0.2) is 4.79 Å². The van der Waals surface area contributed by atoms with Gasteiger partial charge in [0.25, 0.3) is 0 Å². The third-order valence-electron chi connectivity index (χ3n) is 2.74. The van der Waals surface area contributed by atoms with Crippen LogP contribution in [-0.2, 0) is 6.42 Å². The first-order valence-electron chi connectivity index (χ1n) is 5.90. The number of hydrogen-bond donors (Lipinski definition) is 1. The summed E-state index contributed by atoms with van der Waals surface area (Å²) in [6, 6.07) is 13.5. The molecule has 0 aliphatic rings. The van der Waals surface area contributed by atoms with Crippen LogP contribution in [0.25, 0.3) is 0 Å². The second-order valence-electron chi connectivity index (χ2n) is 4.05. The number of aryl methyl sites for hydroxylation is 1. The lowest BCUT2D eigenvalue weighted by atomic mass is 10.2. The van der Waals surface area contributed by atoms with E-state index >= 15 is 0 Å². The third-order valence-corrected chi connectivity index (χ3v) is 4.74. The van der Waals surface area contributed by atoms with Crippen molar-refractivity contribution in [3.8, 4) is 0 Å². The zero-order chi connectivity index (χ0) is 13.8. The topological polar surface area (TPSA) is 37.3 Å². The normalized spacial score (nSPS) is 10.4. The molecule has 2 rings (SSSR count). The van der Waals surface area contributed by atoms with Gasteiger partial charge in [-0.15, -0.1) is 0 Å². The monoisotopic (exact) mass is 336 g/mol. The molecule has 0 aliphatic carbocycles. The molecule has 2 nitrogen and oxygen atoms in total. The molecule has 19 heavy (non-hydrogen) atoms. The molecule has 0 saturated carbocycles. The molecule has 1 N–H and O–H groups in total. The summed E-state index contributed by atoms with van der Waals surface area (Å²) >= 11 is 5.03. The second-order valence-corrected chi connectivity index (χ2v) is 6.02. The first kappa shape index (κ1) is 14.2. The van der Waals surface area contributed by atoms with Crippen molar-refractivity contribution in [2.24, 2.45) is 0 Å². The minimum absolute atomic E-state index is 0.289. The fraction of sp³-hybridized carbons (Fsp3) is 0.133. The summed E-state index contributed by atoms with van der Waals surface area (Å²) in [6.45, 7) is 2.13. The number of carbonyl (C=O) groups is 1. The van der Waals surface area contributed by atoms with Gasteiger partial charge in [0, 0.05) is 14.3 Å². The van der Waals surface area contributed by atoms with Crippen molar-refractivity contribution in [2.75, 3.05) is 0 Å². The quantitative estimate of drug-likeness (QED) is 0.866. The average Bonchev–Trinajstić information content (AvgIpc) is 2.41. The van der Waals surface area contributed by atoms with Crippen LogP contribution < -0.4 is 0 Å². The maximum atomic E-state index is 10.9. The highest BCUT2D eigenvalue weighted by atomic mass is 79.9. The molecule has 0 heterocycles. The largest absolute Gasteiger partial charge is 0.478 e. The molecule has 0 radical (unpaired) electrons. The molecule has 0 spiro atoms. The summed E-state index contributed by atoms with van der Waals surface area (Å²) in [5.41, 5.74) is 1.60. The van der Waals surface area contributed by atoms with E-state index in [1.165, 1.54) is 5.56 Å². The van der Waals surface area contributed by atoms with Crippen LogP contribution >= 0.6 is 27.7 Å². The van der Waals surface area contributed by atoms with Crippen molar-refractivity contribution in [3.05, 3.63) is 58.1 Å². The summed E-state index contributed by atoms with van der Waals surface area (Å²) in [5.74, 6) is -0.912. The number of benzene rings is 2. The summed E-state index contributed by atoms with van der Waals surface area (Å²) in [6.07, 6.45) is 1.03. The van der Waals surface area contributed by atoms with Gasteiger partial charge in [0.1, 0.15) is 0 Å². The summed E-state index contributed by atoms with van der Waals surface area (Å²) in [4.78, 5) is 13.0. The van der Waals surface area contributed by atoms with Crippen molar-refractivity contribution in [3.63, 3.8) is 0 Å². The van der Waals surface area contributed by atoms with Crippen molar-refractivity contribution < 1.29 is 9.90 Å². The number of carboxylic acids is 1. The molecule has 0 atom stereocenters. The molecule has 0 amide bonds. The summed E-state index contributed by atoms with van der Waals surface area (Å²) in [5, 5.41) is 8.92. The predicted octanol–water partition coefficient (Wildman–Crippen LogP) is 4.86. The van der Waals surface area contributed by atoms with Crippen molar-refractivity contribution in [2.45, 2.75) is 23.1 Å². The van der Waals surface area contributed by atoms with E-state index in [-0.39, 0.29) is 5.56 Å². The highest BCUT2D eigenvalue weighted by Gasteiger charge is 2.07. The fourth-order valence-corrected chi connectivity index (χ4v) is 3.08. The van der Waals surface area contributed by atoms with E-state index in [1.807, 2.05) is 6.07 Å². The maximum absolute atomic E-state index is 10.9. The molecular formula is C15H13BrO2S. The Kier molecular flexibility index (Phi) is 4.66. The van der Waals surface area contributed by atoms with Gasteiger partial charge in [0.15, 0.2) is 0 Å². The van der Waals surface area contributed by atoms with E-state index in [1.54, 1.807) is 23.9 Å². The number of halogens is 1. The van der Waals surface area contributed by atoms with Crippen LogP contribution in [0.3, 0.4) is 0 Å². The Balaban J connectivity index is 2.20. The standard InChI is InChI=1S/C15H13BrO2S/c1-2-10-3-6-12(7-4-10)19-14-8-5-11(15(17)18)9-13(14)16/h3-9H,2H2,1H3,(H,17,18). The molecule has 0 bridgehead atoms. The average molecular weight is 337 g/mol. The maximum Gasteiger partial charge on any atom is 0.335 e. The van der Waals surface area contributed by atoms with E-state index < -0.39 is 5.97 Å². The number of carboxylic acid groups (broad SMARTS) is 1. The number of hydrogen-bond acceptors (Lipinski definition) is 2. The van der Waals surface area contributed by atoms with Crippen LogP contribution in [0.1, 0.15) is 22.8 Å². The Morgan fingerprint density at radius 3 is 2.42 bits per heavy atom. The minimum Gasteiger partial charge on any atom is -0.478 e. The van der Waals surface area contributed by atoms with Gasteiger partial charge in [-0.2, -0.15) is 0 Å². The molecule has 98 valence electrons. The molecular weight excluding hydrogens is 324 g/mol. The van der Waals surface area contributed by atoms with Crippen molar-refractivity contribution in [1.82, 2.24) is 0 Å². The lowest BCUT2D eigenvalue weighted by molar-refractivity contribution is 0.0696. The van der Waals surface area contributed by atoms with E-state index in [2.05, 4.69) is 47.1 Å². The molecule has 0 fully saturated rings. The van der Waals surface area contributed by atoms with Crippen LogP contribution in [0.2, 0.25) is 0 Å². The Bertz CT molecular complexity index is 594. The number of aromatic carboxylic acids is 1. The minimum atomic E-state index is -0.912. The summed E-state index contributed by atoms with van der Waals surface area (Å²) in [7, 11) is 0. The Morgan fingerprint density at radius 2 is 1.89 bits per heavy atom.